The zero-order valence-corrected chi connectivity index (χ0v) is 34.4. The van der Waals surface area contributed by atoms with Crippen LogP contribution in [0, 0.1) is 11.3 Å². The van der Waals surface area contributed by atoms with Gasteiger partial charge in [0.15, 0.2) is 10.8 Å². The average molecular weight is 848 g/mol. The van der Waals surface area contributed by atoms with Crippen LogP contribution in [0.2, 0.25) is 0 Å². The van der Waals surface area contributed by atoms with Crippen LogP contribution in [0.15, 0.2) is 36.5 Å². The zero-order valence-electron chi connectivity index (χ0n) is 32.8. The number of piperidine rings is 1. The predicted octanol–water partition coefficient (Wildman–Crippen LogP) is 4.68. The zero-order chi connectivity index (χ0) is 41.2. The number of hydrogen-bond donors (Lipinski definition) is 3. The average Bonchev–Trinajstić information content (AvgIpc) is 3.32. The van der Waals surface area contributed by atoms with E-state index in [2.05, 4.69) is 44.6 Å². The first kappa shape index (κ1) is 44.7. The summed E-state index contributed by atoms with van der Waals surface area (Å²) in [4.78, 5) is 61.5. The van der Waals surface area contributed by atoms with Gasteiger partial charge in [0.2, 0.25) is 17.7 Å². The Balaban J connectivity index is 0.00000641. The maximum absolute atomic E-state index is 13.7. The van der Waals surface area contributed by atoms with E-state index in [-0.39, 0.29) is 78.1 Å². The summed E-state index contributed by atoms with van der Waals surface area (Å²) in [7, 11) is 0. The summed E-state index contributed by atoms with van der Waals surface area (Å²) < 4.78 is 47.4. The van der Waals surface area contributed by atoms with Gasteiger partial charge in [0.05, 0.1) is 36.7 Å². The molecule has 314 valence electrons. The molecule has 14 nitrogen and oxygen atoms in total. The molecule has 0 radical (unpaired) electrons. The van der Waals surface area contributed by atoms with Gasteiger partial charge in [-0.3, -0.25) is 39.2 Å². The molecule has 3 saturated heterocycles. The van der Waals surface area contributed by atoms with Gasteiger partial charge in [0, 0.05) is 55.6 Å². The molecule has 4 amide bonds. The molecule has 0 bridgehead atoms. The van der Waals surface area contributed by atoms with E-state index < -0.39 is 34.9 Å². The molecule has 3 atom stereocenters. The highest BCUT2D eigenvalue weighted by Crippen LogP contribution is 2.40. The van der Waals surface area contributed by atoms with Gasteiger partial charge < -0.3 is 20.3 Å². The number of nitrogens with zero attached hydrogens (tertiary/aromatic N) is 6. The second kappa shape index (κ2) is 18.2. The quantitative estimate of drug-likeness (QED) is 0.212. The predicted molar refractivity (Wildman–Crippen MR) is 216 cm³/mol. The van der Waals surface area contributed by atoms with E-state index in [0.29, 0.717) is 37.2 Å². The lowest BCUT2D eigenvalue weighted by Gasteiger charge is -2.44. The van der Waals surface area contributed by atoms with Crippen molar-refractivity contribution in [3.63, 3.8) is 0 Å². The Morgan fingerprint density at radius 3 is 2.38 bits per heavy atom. The van der Waals surface area contributed by atoms with Crippen molar-refractivity contribution in [1.82, 2.24) is 25.0 Å². The summed E-state index contributed by atoms with van der Waals surface area (Å²) in [6.07, 6.45) is -0.230. The van der Waals surface area contributed by atoms with E-state index >= 15 is 0 Å². The van der Waals surface area contributed by atoms with E-state index in [1.54, 1.807) is 38.1 Å². The van der Waals surface area contributed by atoms with Gasteiger partial charge in [0.25, 0.3) is 5.91 Å². The SMILES string of the molecule is C[C@@H]1CN(CCOC2CCC(N3C(=S)N(c4cnc(C#N)c(C(F)(F)F)c4)C(=O)C3(C)C)CC2)C[C@H](C)N1CC(=O)Nc1cccc(NC2CCC(=O)NC2=O)c1.Cl. The summed E-state index contributed by atoms with van der Waals surface area (Å²) in [5, 5.41) is 17.7. The number of nitriles is 1. The Bertz CT molecular complexity index is 1930. The molecule has 4 fully saturated rings. The molecule has 6 rings (SSSR count). The van der Waals surface area contributed by atoms with Crippen molar-refractivity contribution in [2.24, 2.45) is 0 Å². The maximum atomic E-state index is 13.7. The molecule has 3 N–H and O–H groups in total. The molecule has 1 aliphatic carbocycles. The van der Waals surface area contributed by atoms with Crippen LogP contribution in [-0.2, 0) is 30.1 Å². The first-order chi connectivity index (χ1) is 27.0. The van der Waals surface area contributed by atoms with Crippen LogP contribution < -0.4 is 20.9 Å². The van der Waals surface area contributed by atoms with Gasteiger partial charge in [0.1, 0.15) is 17.6 Å². The monoisotopic (exact) mass is 847 g/mol. The normalized spacial score (nSPS) is 25.5. The second-order valence-corrected chi connectivity index (χ2v) is 16.1. The number of aromatic nitrogens is 1. The van der Waals surface area contributed by atoms with E-state index in [1.165, 1.54) is 6.07 Å². The Hall–Kier alpha value is -4.41. The van der Waals surface area contributed by atoms with Crippen molar-refractivity contribution in [3.8, 4) is 6.07 Å². The van der Waals surface area contributed by atoms with Crippen LogP contribution >= 0.6 is 24.6 Å². The lowest BCUT2D eigenvalue weighted by Crippen LogP contribution is -2.58. The number of carbonyl (C=O) groups is 4. The smallest absolute Gasteiger partial charge is 0.377 e. The number of anilines is 3. The number of rotatable bonds is 11. The molecule has 0 spiro atoms. The Morgan fingerprint density at radius 1 is 1.07 bits per heavy atom. The number of imide groups is 1. The minimum absolute atomic E-state index is 0. The summed E-state index contributed by atoms with van der Waals surface area (Å²) in [5.41, 5.74) is -1.94. The molecule has 2 aromatic rings. The number of nitrogens with one attached hydrogen (secondary N) is 3. The number of thiocarbonyl (C=S) groups is 1. The molecule has 1 aromatic carbocycles. The lowest BCUT2D eigenvalue weighted by molar-refractivity contribution is -0.138. The second-order valence-electron chi connectivity index (χ2n) is 15.8. The van der Waals surface area contributed by atoms with Gasteiger partial charge >= 0.3 is 6.18 Å². The molecule has 1 saturated carbocycles. The maximum Gasteiger partial charge on any atom is 0.419 e. The number of ether oxygens (including phenoxy) is 1. The van der Waals surface area contributed by atoms with Crippen LogP contribution in [0.25, 0.3) is 0 Å². The van der Waals surface area contributed by atoms with E-state index in [9.17, 15) is 32.3 Å². The van der Waals surface area contributed by atoms with E-state index in [4.69, 9.17) is 22.2 Å². The highest BCUT2D eigenvalue weighted by molar-refractivity contribution is 7.80. The topological polar surface area (TPSA) is 163 Å². The van der Waals surface area contributed by atoms with Crippen LogP contribution in [0.4, 0.5) is 30.2 Å². The number of hydrogen-bond acceptors (Lipinski definition) is 11. The highest BCUT2D eigenvalue weighted by Gasteiger charge is 2.53. The summed E-state index contributed by atoms with van der Waals surface area (Å²) in [6, 6.07) is 8.97. The Labute approximate surface area is 347 Å². The minimum atomic E-state index is -4.83. The van der Waals surface area contributed by atoms with Gasteiger partial charge in [-0.05, 0) is 96.3 Å². The molecule has 3 aliphatic heterocycles. The third kappa shape index (κ3) is 9.88. The lowest BCUT2D eigenvalue weighted by atomic mass is 9.89. The van der Waals surface area contributed by atoms with Gasteiger partial charge in [-0.1, -0.05) is 6.07 Å². The van der Waals surface area contributed by atoms with Crippen molar-refractivity contribution >= 4 is 70.4 Å². The van der Waals surface area contributed by atoms with E-state index in [1.807, 2.05) is 4.90 Å². The number of halogens is 4. The molecule has 58 heavy (non-hydrogen) atoms. The molecule has 4 heterocycles. The fourth-order valence-electron chi connectivity index (χ4n) is 8.40. The fraction of sp³-hybridized carbons (Fsp3) is 0.564. The number of carbonyl (C=O) groups excluding carboxylic acids is 4. The number of pyridine rings is 1. The van der Waals surface area contributed by atoms with Gasteiger partial charge in [-0.25, -0.2) is 4.98 Å². The third-order valence-corrected chi connectivity index (χ3v) is 11.6. The molecule has 19 heteroatoms. The van der Waals surface area contributed by atoms with Crippen LogP contribution in [0.1, 0.15) is 77.5 Å². The fourth-order valence-corrected chi connectivity index (χ4v) is 8.96. The van der Waals surface area contributed by atoms with Gasteiger partial charge in [-0.2, -0.15) is 18.4 Å². The first-order valence-electron chi connectivity index (χ1n) is 19.2. The highest BCUT2D eigenvalue weighted by atomic mass is 35.5. The van der Waals surface area contributed by atoms with Crippen LogP contribution in [-0.4, -0.2) is 117 Å². The Morgan fingerprint density at radius 2 is 1.74 bits per heavy atom. The summed E-state index contributed by atoms with van der Waals surface area (Å²) in [6.45, 7) is 10.7. The number of piperazine rings is 1. The third-order valence-electron chi connectivity index (χ3n) is 11.3. The van der Waals surface area contributed by atoms with Crippen LogP contribution in [0.5, 0.6) is 0 Å². The van der Waals surface area contributed by atoms with Crippen molar-refractivity contribution in [3.05, 3.63) is 47.8 Å². The van der Waals surface area contributed by atoms with Crippen LogP contribution in [0.3, 0.4) is 0 Å². The summed E-state index contributed by atoms with van der Waals surface area (Å²) >= 11 is 5.71. The molecular weight excluding hydrogens is 799 g/mol. The molecular formula is C39H49ClF3N9O5S. The Kier molecular flexibility index (Phi) is 14.1. The largest absolute Gasteiger partial charge is 0.419 e. The van der Waals surface area contributed by atoms with Crippen molar-refractivity contribution in [2.45, 2.75) is 108 Å². The molecule has 1 unspecified atom stereocenters. The summed E-state index contributed by atoms with van der Waals surface area (Å²) in [5.74, 6) is -1.24. The first-order valence-corrected chi connectivity index (χ1v) is 19.6. The van der Waals surface area contributed by atoms with Gasteiger partial charge in [-0.15, -0.1) is 12.4 Å². The number of alkyl halides is 3. The van der Waals surface area contributed by atoms with Crippen molar-refractivity contribution < 1.29 is 37.1 Å². The number of amides is 4. The number of benzene rings is 1. The molecule has 1 aromatic heterocycles. The van der Waals surface area contributed by atoms with Crippen molar-refractivity contribution in [2.75, 3.05) is 48.3 Å². The standard InChI is InChI=1S/C39H48F3N9O5S.ClH/c1-23-20-48(21-24(2)49(23)22-34(53)46-26-7-5-6-25(16-26)45-31-12-13-33(52)47-35(31)54)14-15-56-29-10-8-27(9-11-29)51-37(57)50(36(55)38(51,3)4)28-17-30(39(40,41)42)32(18-43)44-19-28;/h5-7,16-17,19,23-24,27,29,31,45H,8-15,20-22H2,1-4H3,(H,46,53)(H,47,52,54);1H/t23-,24+,27?,29?,31?;. The molecule has 4 aliphatic rings. The van der Waals surface area contributed by atoms with E-state index in [0.717, 1.165) is 49.6 Å². The minimum Gasteiger partial charge on any atom is -0.377 e. The van der Waals surface area contributed by atoms with Crippen molar-refractivity contribution in [1.29, 1.82) is 5.26 Å².